The van der Waals surface area contributed by atoms with Gasteiger partial charge in [0.2, 0.25) is 10.0 Å². The van der Waals surface area contributed by atoms with Gasteiger partial charge in [0.25, 0.3) is 5.91 Å². The van der Waals surface area contributed by atoms with Crippen LogP contribution in [0.25, 0.3) is 0 Å². The molecule has 1 aromatic carbocycles. The predicted molar refractivity (Wildman–Crippen MR) is 85.0 cm³/mol. The Hall–Kier alpha value is -2.00. The topological polar surface area (TPSA) is 92.8 Å². The van der Waals surface area contributed by atoms with Gasteiger partial charge in [0.1, 0.15) is 12.4 Å². The Morgan fingerprint density at radius 2 is 1.75 bits per heavy atom. The Balaban J connectivity index is 2.69. The molecule has 1 amide bonds. The fourth-order valence-electron chi connectivity index (χ4n) is 1.74. The highest BCUT2D eigenvalue weighted by Crippen LogP contribution is 2.14. The van der Waals surface area contributed by atoms with Crippen molar-refractivity contribution in [2.45, 2.75) is 37.8 Å². The number of esters is 1. The second kappa shape index (κ2) is 8.20. The molecule has 1 atom stereocenters. The van der Waals surface area contributed by atoms with E-state index < -0.39 is 40.4 Å². The molecule has 0 spiro atoms. The molecule has 24 heavy (non-hydrogen) atoms. The molecule has 134 valence electrons. The summed E-state index contributed by atoms with van der Waals surface area (Å²) < 4.78 is 43.1. The normalized spacial score (nSPS) is 13.0. The maximum atomic E-state index is 12.9. The number of halogens is 1. The number of sulfonamides is 1. The molecule has 0 unspecified atom stereocenters. The molecule has 1 N–H and O–H groups in total. The Kier molecular flexibility index (Phi) is 6.85. The molecule has 0 aliphatic carbocycles. The number of nitrogens with zero attached hydrogens (tertiary/aromatic N) is 1. The van der Waals surface area contributed by atoms with Crippen molar-refractivity contribution in [1.82, 2.24) is 9.62 Å². The summed E-state index contributed by atoms with van der Waals surface area (Å²) in [5.41, 5.74) is 0. The van der Waals surface area contributed by atoms with Gasteiger partial charge in [-0.2, -0.15) is 4.31 Å². The van der Waals surface area contributed by atoms with E-state index in [0.717, 1.165) is 28.6 Å². The van der Waals surface area contributed by atoms with E-state index in [1.54, 1.807) is 13.8 Å². The summed E-state index contributed by atoms with van der Waals surface area (Å²) in [6, 6.07) is 4.12. The van der Waals surface area contributed by atoms with Crippen LogP contribution in [-0.4, -0.2) is 50.3 Å². The number of likely N-dealkylation sites (N-methyl/N-ethyl adjacent to an activating group) is 1. The summed E-state index contributed by atoms with van der Waals surface area (Å²) >= 11 is 0. The summed E-state index contributed by atoms with van der Waals surface area (Å²) in [5, 5.41) is 2.58. The Morgan fingerprint density at radius 3 is 2.25 bits per heavy atom. The predicted octanol–water partition coefficient (Wildman–Crippen LogP) is 0.902. The molecule has 0 saturated carbocycles. The van der Waals surface area contributed by atoms with Gasteiger partial charge >= 0.3 is 5.97 Å². The SMILES string of the molecule is CC(C)NC(=O)[C@@H](C)OC(=O)CN(C)S(=O)(=O)c1ccc(F)cc1. The van der Waals surface area contributed by atoms with Gasteiger partial charge in [-0.25, -0.2) is 12.8 Å². The molecular formula is C15H21FN2O5S. The van der Waals surface area contributed by atoms with Gasteiger partial charge in [-0.3, -0.25) is 9.59 Å². The summed E-state index contributed by atoms with van der Waals surface area (Å²) in [5.74, 6) is -1.90. The lowest BCUT2D eigenvalue weighted by Crippen LogP contribution is -2.41. The van der Waals surface area contributed by atoms with Crippen LogP contribution in [0, 0.1) is 5.82 Å². The number of carbonyl (C=O) groups is 2. The van der Waals surface area contributed by atoms with Crippen LogP contribution in [0.2, 0.25) is 0 Å². The Bertz CT molecular complexity index is 688. The van der Waals surface area contributed by atoms with Crippen LogP contribution in [0.1, 0.15) is 20.8 Å². The van der Waals surface area contributed by atoms with Crippen molar-refractivity contribution in [3.8, 4) is 0 Å². The zero-order valence-corrected chi connectivity index (χ0v) is 14.8. The van der Waals surface area contributed by atoms with Crippen LogP contribution in [0.15, 0.2) is 29.2 Å². The van der Waals surface area contributed by atoms with Gasteiger partial charge in [-0.05, 0) is 45.0 Å². The number of amides is 1. The first-order valence-electron chi connectivity index (χ1n) is 7.25. The monoisotopic (exact) mass is 360 g/mol. The van der Waals surface area contributed by atoms with Gasteiger partial charge in [-0.1, -0.05) is 0 Å². The van der Waals surface area contributed by atoms with Crippen molar-refractivity contribution in [3.63, 3.8) is 0 Å². The molecule has 0 aliphatic rings. The van der Waals surface area contributed by atoms with E-state index in [2.05, 4.69) is 5.32 Å². The van der Waals surface area contributed by atoms with Crippen LogP contribution in [0.4, 0.5) is 4.39 Å². The number of benzene rings is 1. The minimum Gasteiger partial charge on any atom is -0.452 e. The van der Waals surface area contributed by atoms with Crippen LogP contribution < -0.4 is 5.32 Å². The number of hydrogen-bond donors (Lipinski definition) is 1. The fourth-order valence-corrected chi connectivity index (χ4v) is 2.86. The molecule has 0 fully saturated rings. The lowest BCUT2D eigenvalue weighted by atomic mass is 10.3. The third-order valence-electron chi connectivity index (χ3n) is 2.98. The van der Waals surface area contributed by atoms with Gasteiger partial charge in [-0.15, -0.1) is 0 Å². The Morgan fingerprint density at radius 1 is 1.21 bits per heavy atom. The van der Waals surface area contributed by atoms with Crippen LogP contribution in [0.5, 0.6) is 0 Å². The first-order valence-corrected chi connectivity index (χ1v) is 8.69. The number of rotatable bonds is 7. The third kappa shape index (κ3) is 5.57. The van der Waals surface area contributed by atoms with E-state index in [1.807, 2.05) is 0 Å². The molecule has 7 nitrogen and oxygen atoms in total. The molecule has 0 aromatic heterocycles. The first kappa shape index (κ1) is 20.0. The number of hydrogen-bond acceptors (Lipinski definition) is 5. The molecule has 0 bridgehead atoms. The lowest BCUT2D eigenvalue weighted by molar-refractivity contribution is -0.154. The van der Waals surface area contributed by atoms with Crippen molar-refractivity contribution >= 4 is 21.9 Å². The molecule has 1 rings (SSSR count). The van der Waals surface area contributed by atoms with E-state index in [4.69, 9.17) is 4.74 Å². The second-order valence-corrected chi connectivity index (χ2v) is 7.56. The standard InChI is InChI=1S/C15H21FN2O5S/c1-10(2)17-15(20)11(3)23-14(19)9-18(4)24(21,22)13-7-5-12(16)6-8-13/h5-8,10-11H,9H2,1-4H3,(H,17,20)/t11-/m1/s1. The minimum atomic E-state index is -3.96. The highest BCUT2D eigenvalue weighted by atomic mass is 32.2. The van der Waals surface area contributed by atoms with Gasteiger partial charge in [0.05, 0.1) is 4.90 Å². The maximum Gasteiger partial charge on any atom is 0.322 e. The number of ether oxygens (including phenoxy) is 1. The van der Waals surface area contributed by atoms with Crippen molar-refractivity contribution in [2.24, 2.45) is 0 Å². The van der Waals surface area contributed by atoms with E-state index in [9.17, 15) is 22.4 Å². The molecule has 1 aromatic rings. The summed E-state index contributed by atoms with van der Waals surface area (Å²) in [7, 11) is -2.77. The van der Waals surface area contributed by atoms with Crippen LogP contribution in [0.3, 0.4) is 0 Å². The van der Waals surface area contributed by atoms with Crippen molar-refractivity contribution in [3.05, 3.63) is 30.1 Å². The van der Waals surface area contributed by atoms with Crippen molar-refractivity contribution in [2.75, 3.05) is 13.6 Å². The van der Waals surface area contributed by atoms with E-state index in [0.29, 0.717) is 0 Å². The summed E-state index contributed by atoms with van der Waals surface area (Å²) in [6.45, 7) is 4.34. The average molecular weight is 360 g/mol. The summed E-state index contributed by atoms with van der Waals surface area (Å²) in [4.78, 5) is 23.3. The Labute approximate surface area is 140 Å². The number of carbonyl (C=O) groups excluding carboxylic acids is 2. The zero-order valence-electron chi connectivity index (χ0n) is 13.9. The van der Waals surface area contributed by atoms with E-state index in [1.165, 1.54) is 14.0 Å². The second-order valence-electron chi connectivity index (χ2n) is 5.51. The molecule has 0 radical (unpaired) electrons. The highest BCUT2D eigenvalue weighted by Gasteiger charge is 2.25. The third-order valence-corrected chi connectivity index (χ3v) is 4.80. The maximum absolute atomic E-state index is 12.9. The van der Waals surface area contributed by atoms with Crippen LogP contribution in [-0.2, 0) is 24.3 Å². The molecular weight excluding hydrogens is 339 g/mol. The molecule has 0 heterocycles. The van der Waals surface area contributed by atoms with Crippen LogP contribution >= 0.6 is 0 Å². The fraction of sp³-hybridized carbons (Fsp3) is 0.467. The van der Waals surface area contributed by atoms with Crippen molar-refractivity contribution < 1.29 is 27.1 Å². The zero-order chi connectivity index (χ0) is 18.5. The molecule has 0 aliphatic heterocycles. The van der Waals surface area contributed by atoms with Gasteiger partial charge in [0.15, 0.2) is 6.10 Å². The smallest absolute Gasteiger partial charge is 0.322 e. The molecule has 9 heteroatoms. The molecule has 0 saturated heterocycles. The lowest BCUT2D eigenvalue weighted by Gasteiger charge is -2.19. The van der Waals surface area contributed by atoms with Crippen molar-refractivity contribution in [1.29, 1.82) is 0 Å². The average Bonchev–Trinajstić information content (AvgIpc) is 2.46. The minimum absolute atomic E-state index is 0.111. The quantitative estimate of drug-likeness (QED) is 0.730. The highest BCUT2D eigenvalue weighted by molar-refractivity contribution is 7.89. The van der Waals surface area contributed by atoms with Gasteiger partial charge in [0, 0.05) is 13.1 Å². The number of nitrogens with one attached hydrogen (secondary N) is 1. The van der Waals surface area contributed by atoms with E-state index >= 15 is 0 Å². The van der Waals surface area contributed by atoms with Gasteiger partial charge < -0.3 is 10.1 Å². The summed E-state index contributed by atoms with van der Waals surface area (Å²) in [6.07, 6.45) is -1.04. The largest absolute Gasteiger partial charge is 0.452 e. The van der Waals surface area contributed by atoms with E-state index in [-0.39, 0.29) is 10.9 Å². The first-order chi connectivity index (χ1) is 11.0.